The number of anilines is 1. The van der Waals surface area contributed by atoms with Gasteiger partial charge in [-0.3, -0.25) is 9.69 Å². The van der Waals surface area contributed by atoms with Crippen LogP contribution >= 0.6 is 15.9 Å². The molecule has 2 rings (SSSR count). The van der Waals surface area contributed by atoms with Crippen LogP contribution in [-0.2, 0) is 0 Å². The van der Waals surface area contributed by atoms with Crippen LogP contribution in [0.2, 0.25) is 0 Å². The van der Waals surface area contributed by atoms with Gasteiger partial charge in [-0.1, -0.05) is 6.92 Å². The second-order valence-electron chi connectivity index (χ2n) is 4.75. The number of rotatable bonds is 3. The summed E-state index contributed by atoms with van der Waals surface area (Å²) in [6.07, 6.45) is 0.880. The molecule has 1 saturated heterocycles. The molecule has 98 valence electrons. The highest BCUT2D eigenvalue weighted by Crippen LogP contribution is 2.25. The van der Waals surface area contributed by atoms with Crippen molar-refractivity contribution < 1.29 is 4.79 Å². The molecule has 0 radical (unpaired) electrons. The molecule has 1 aromatic carbocycles. The molecule has 0 N–H and O–H groups in total. The van der Waals surface area contributed by atoms with Crippen LogP contribution in [0.1, 0.15) is 24.2 Å². The number of benzene rings is 1. The Morgan fingerprint density at radius 3 is 2.78 bits per heavy atom. The number of nitrogens with zero attached hydrogens (tertiary/aromatic N) is 2. The second kappa shape index (κ2) is 5.85. The molecule has 0 saturated carbocycles. The van der Waals surface area contributed by atoms with Crippen molar-refractivity contribution in [2.75, 3.05) is 31.1 Å². The zero-order valence-electron chi connectivity index (χ0n) is 10.9. The van der Waals surface area contributed by atoms with Crippen LogP contribution in [-0.4, -0.2) is 43.4 Å². The number of likely N-dealkylation sites (N-methyl/N-ethyl adjacent to an activating group) is 1. The van der Waals surface area contributed by atoms with Gasteiger partial charge in [0.15, 0.2) is 6.29 Å². The van der Waals surface area contributed by atoms with Gasteiger partial charge in [0.25, 0.3) is 0 Å². The normalized spacial score (nSPS) is 21.1. The molecular formula is C14H19BrN2O. The third-order valence-electron chi connectivity index (χ3n) is 3.65. The van der Waals surface area contributed by atoms with Crippen LogP contribution in [0.5, 0.6) is 0 Å². The van der Waals surface area contributed by atoms with E-state index in [1.807, 2.05) is 18.2 Å². The number of hydrogen-bond acceptors (Lipinski definition) is 3. The molecule has 3 nitrogen and oxygen atoms in total. The molecule has 0 aromatic heterocycles. The summed E-state index contributed by atoms with van der Waals surface area (Å²) in [7, 11) is 0. The first-order chi connectivity index (χ1) is 8.65. The Balaban J connectivity index is 2.13. The van der Waals surface area contributed by atoms with E-state index in [0.717, 1.165) is 36.9 Å². The summed E-state index contributed by atoms with van der Waals surface area (Å²) in [5, 5.41) is 0. The molecule has 0 aliphatic carbocycles. The molecule has 1 aromatic rings. The molecule has 0 amide bonds. The summed E-state index contributed by atoms with van der Waals surface area (Å²) in [5.41, 5.74) is 1.90. The van der Waals surface area contributed by atoms with E-state index in [9.17, 15) is 4.79 Å². The lowest BCUT2D eigenvalue weighted by Gasteiger charge is -2.40. The molecule has 1 aliphatic rings. The van der Waals surface area contributed by atoms with Gasteiger partial charge in [-0.05, 0) is 47.6 Å². The van der Waals surface area contributed by atoms with Crippen LogP contribution in [0.4, 0.5) is 5.69 Å². The van der Waals surface area contributed by atoms with Gasteiger partial charge in [0.2, 0.25) is 0 Å². The molecule has 0 bridgehead atoms. The molecule has 1 atom stereocenters. The fourth-order valence-electron chi connectivity index (χ4n) is 2.51. The molecule has 1 heterocycles. The highest BCUT2D eigenvalue weighted by atomic mass is 79.9. The average molecular weight is 311 g/mol. The lowest BCUT2D eigenvalue weighted by molar-refractivity contribution is 0.112. The largest absolute Gasteiger partial charge is 0.369 e. The predicted octanol–water partition coefficient (Wildman–Crippen LogP) is 2.79. The second-order valence-corrected chi connectivity index (χ2v) is 5.60. The van der Waals surface area contributed by atoms with E-state index in [2.05, 4.69) is 39.6 Å². The van der Waals surface area contributed by atoms with Crippen molar-refractivity contribution in [3.05, 3.63) is 28.2 Å². The summed E-state index contributed by atoms with van der Waals surface area (Å²) >= 11 is 3.45. The minimum atomic E-state index is 0.577. The van der Waals surface area contributed by atoms with Crippen molar-refractivity contribution in [3.8, 4) is 0 Å². The van der Waals surface area contributed by atoms with Crippen molar-refractivity contribution in [2.24, 2.45) is 0 Å². The zero-order valence-corrected chi connectivity index (χ0v) is 12.5. The molecular weight excluding hydrogens is 292 g/mol. The number of aldehydes is 1. The SMILES string of the molecule is CCN1CCN(c2ccc(C=O)c(Br)c2)CC1C. The number of carbonyl (C=O) groups excluding carboxylic acids is 1. The van der Waals surface area contributed by atoms with E-state index in [1.165, 1.54) is 5.69 Å². The summed E-state index contributed by atoms with van der Waals surface area (Å²) in [5.74, 6) is 0. The van der Waals surface area contributed by atoms with Crippen LogP contribution in [0, 0.1) is 0 Å². The summed E-state index contributed by atoms with van der Waals surface area (Å²) in [6.45, 7) is 8.78. The molecule has 1 fully saturated rings. The number of carbonyl (C=O) groups is 1. The summed E-state index contributed by atoms with van der Waals surface area (Å²) < 4.78 is 0.876. The summed E-state index contributed by atoms with van der Waals surface area (Å²) in [6, 6.07) is 6.53. The van der Waals surface area contributed by atoms with E-state index in [1.54, 1.807) is 0 Å². The molecule has 18 heavy (non-hydrogen) atoms. The lowest BCUT2D eigenvalue weighted by atomic mass is 10.1. The maximum Gasteiger partial charge on any atom is 0.151 e. The van der Waals surface area contributed by atoms with E-state index in [0.29, 0.717) is 11.6 Å². The maximum absolute atomic E-state index is 10.8. The van der Waals surface area contributed by atoms with Crippen molar-refractivity contribution >= 4 is 27.9 Å². The predicted molar refractivity (Wildman–Crippen MR) is 78.5 cm³/mol. The van der Waals surface area contributed by atoms with Gasteiger partial charge in [0.05, 0.1) is 0 Å². The van der Waals surface area contributed by atoms with Crippen LogP contribution in [0.25, 0.3) is 0 Å². The number of piperazine rings is 1. The fourth-order valence-corrected chi connectivity index (χ4v) is 2.97. The van der Waals surface area contributed by atoms with Crippen LogP contribution in [0.15, 0.2) is 22.7 Å². The van der Waals surface area contributed by atoms with E-state index in [-0.39, 0.29) is 0 Å². The Kier molecular flexibility index (Phi) is 4.40. The Morgan fingerprint density at radius 2 is 2.22 bits per heavy atom. The van der Waals surface area contributed by atoms with Gasteiger partial charge < -0.3 is 4.90 Å². The Bertz CT molecular complexity index is 436. The standard InChI is InChI=1S/C14H19BrN2O/c1-3-16-6-7-17(9-11(16)2)13-5-4-12(10-18)14(15)8-13/h4-5,8,10-11H,3,6-7,9H2,1-2H3. The smallest absolute Gasteiger partial charge is 0.151 e. The molecule has 1 unspecified atom stereocenters. The first-order valence-corrected chi connectivity index (χ1v) is 7.18. The molecule has 0 spiro atoms. The highest BCUT2D eigenvalue weighted by molar-refractivity contribution is 9.10. The fraction of sp³-hybridized carbons (Fsp3) is 0.500. The van der Waals surface area contributed by atoms with Crippen molar-refractivity contribution in [3.63, 3.8) is 0 Å². The van der Waals surface area contributed by atoms with Gasteiger partial charge in [-0.2, -0.15) is 0 Å². The van der Waals surface area contributed by atoms with Crippen molar-refractivity contribution in [1.29, 1.82) is 0 Å². The number of hydrogen-bond donors (Lipinski definition) is 0. The van der Waals surface area contributed by atoms with Gasteiger partial charge in [-0.15, -0.1) is 0 Å². The van der Waals surface area contributed by atoms with Crippen molar-refractivity contribution in [1.82, 2.24) is 4.90 Å². The Labute approximate surface area is 117 Å². The van der Waals surface area contributed by atoms with E-state index < -0.39 is 0 Å². The van der Waals surface area contributed by atoms with Gasteiger partial charge >= 0.3 is 0 Å². The summed E-state index contributed by atoms with van der Waals surface area (Å²) in [4.78, 5) is 15.7. The minimum absolute atomic E-state index is 0.577. The topological polar surface area (TPSA) is 23.6 Å². The van der Waals surface area contributed by atoms with E-state index in [4.69, 9.17) is 0 Å². The Morgan fingerprint density at radius 1 is 1.44 bits per heavy atom. The first-order valence-electron chi connectivity index (χ1n) is 6.39. The number of halogens is 1. The van der Waals surface area contributed by atoms with Crippen LogP contribution in [0.3, 0.4) is 0 Å². The van der Waals surface area contributed by atoms with Crippen molar-refractivity contribution in [2.45, 2.75) is 19.9 Å². The first kappa shape index (κ1) is 13.6. The monoisotopic (exact) mass is 310 g/mol. The van der Waals surface area contributed by atoms with E-state index >= 15 is 0 Å². The molecule has 4 heteroatoms. The molecule has 1 aliphatic heterocycles. The quantitative estimate of drug-likeness (QED) is 0.802. The highest BCUT2D eigenvalue weighted by Gasteiger charge is 2.22. The minimum Gasteiger partial charge on any atom is -0.369 e. The average Bonchev–Trinajstić information content (AvgIpc) is 2.38. The van der Waals surface area contributed by atoms with Gasteiger partial charge in [-0.25, -0.2) is 0 Å². The third kappa shape index (κ3) is 2.75. The van der Waals surface area contributed by atoms with Gasteiger partial charge in [0, 0.05) is 41.4 Å². The van der Waals surface area contributed by atoms with Gasteiger partial charge in [0.1, 0.15) is 0 Å². The Hall–Kier alpha value is -0.870. The third-order valence-corrected chi connectivity index (χ3v) is 4.33. The lowest BCUT2D eigenvalue weighted by Crippen LogP contribution is -2.51. The zero-order chi connectivity index (χ0) is 13.1. The maximum atomic E-state index is 10.8. The van der Waals surface area contributed by atoms with Crippen LogP contribution < -0.4 is 4.90 Å².